The quantitative estimate of drug-likeness (QED) is 0.693. The van der Waals surface area contributed by atoms with Crippen LogP contribution in [0, 0.1) is 6.92 Å². The number of aryl methyl sites for hydroxylation is 1. The molecule has 144 valence electrons. The number of halogens is 1. The zero-order valence-corrected chi connectivity index (χ0v) is 16.4. The molecule has 0 saturated carbocycles. The van der Waals surface area contributed by atoms with E-state index >= 15 is 0 Å². The van der Waals surface area contributed by atoms with Crippen molar-refractivity contribution in [2.45, 2.75) is 13.3 Å². The van der Waals surface area contributed by atoms with Gasteiger partial charge >= 0.3 is 0 Å². The van der Waals surface area contributed by atoms with Crippen LogP contribution in [-0.4, -0.2) is 29.3 Å². The molecule has 3 aromatic rings. The first-order valence-electron chi connectivity index (χ1n) is 8.76. The molecule has 0 aliphatic carbocycles. The summed E-state index contributed by atoms with van der Waals surface area (Å²) in [5.41, 5.74) is 1.84. The number of methoxy groups -OCH3 is 1. The SMILES string of the molecule is COc1ccc(CCNC(=O)c2nn(-c3ccc(Cl)cc3)c(C)cc2=O)cc1. The number of carbonyl (C=O) groups excluding carboxylic acids is 1. The summed E-state index contributed by atoms with van der Waals surface area (Å²) in [5, 5.41) is 7.61. The molecule has 0 aliphatic heterocycles. The van der Waals surface area contributed by atoms with Gasteiger partial charge in [0.15, 0.2) is 5.69 Å². The number of benzene rings is 2. The molecule has 0 unspecified atom stereocenters. The highest BCUT2D eigenvalue weighted by atomic mass is 35.5. The Labute approximate surface area is 167 Å². The Bertz CT molecular complexity index is 1030. The van der Waals surface area contributed by atoms with Crippen LogP contribution in [0.4, 0.5) is 0 Å². The van der Waals surface area contributed by atoms with E-state index in [1.165, 1.54) is 6.07 Å². The zero-order chi connectivity index (χ0) is 20.1. The number of rotatable bonds is 6. The van der Waals surface area contributed by atoms with E-state index in [1.54, 1.807) is 43.0 Å². The average Bonchev–Trinajstić information content (AvgIpc) is 2.69. The summed E-state index contributed by atoms with van der Waals surface area (Å²) in [7, 11) is 1.61. The van der Waals surface area contributed by atoms with Crippen molar-refractivity contribution < 1.29 is 9.53 Å². The molecule has 1 aromatic heterocycles. The topological polar surface area (TPSA) is 73.2 Å². The molecule has 28 heavy (non-hydrogen) atoms. The fourth-order valence-electron chi connectivity index (χ4n) is 2.74. The lowest BCUT2D eigenvalue weighted by molar-refractivity contribution is 0.0946. The Balaban J connectivity index is 1.72. The summed E-state index contributed by atoms with van der Waals surface area (Å²) < 4.78 is 6.68. The van der Waals surface area contributed by atoms with Gasteiger partial charge < -0.3 is 10.1 Å². The second kappa shape index (κ2) is 8.71. The molecular weight excluding hydrogens is 378 g/mol. The molecule has 0 radical (unpaired) electrons. The minimum atomic E-state index is -0.499. The second-order valence-corrected chi connectivity index (χ2v) is 6.68. The normalized spacial score (nSPS) is 10.5. The number of amides is 1. The van der Waals surface area contributed by atoms with E-state index in [1.807, 2.05) is 24.3 Å². The van der Waals surface area contributed by atoms with Crippen LogP contribution >= 0.6 is 11.6 Å². The molecule has 0 spiro atoms. The van der Waals surface area contributed by atoms with Crippen LogP contribution in [0.15, 0.2) is 59.4 Å². The maximum absolute atomic E-state index is 12.5. The van der Waals surface area contributed by atoms with Gasteiger partial charge in [-0.1, -0.05) is 23.7 Å². The first-order valence-corrected chi connectivity index (χ1v) is 9.14. The lowest BCUT2D eigenvalue weighted by Gasteiger charge is -2.11. The molecule has 3 rings (SSSR count). The Morgan fingerprint density at radius 2 is 1.82 bits per heavy atom. The largest absolute Gasteiger partial charge is 0.497 e. The van der Waals surface area contributed by atoms with Crippen LogP contribution in [0.5, 0.6) is 5.75 Å². The van der Waals surface area contributed by atoms with Crippen molar-refractivity contribution in [3.05, 3.63) is 86.8 Å². The van der Waals surface area contributed by atoms with Gasteiger partial charge in [-0.25, -0.2) is 4.68 Å². The van der Waals surface area contributed by atoms with Crippen molar-refractivity contribution in [1.29, 1.82) is 0 Å². The second-order valence-electron chi connectivity index (χ2n) is 6.24. The van der Waals surface area contributed by atoms with Gasteiger partial charge in [0.05, 0.1) is 12.8 Å². The van der Waals surface area contributed by atoms with Gasteiger partial charge in [-0.3, -0.25) is 9.59 Å². The Morgan fingerprint density at radius 1 is 1.14 bits per heavy atom. The zero-order valence-electron chi connectivity index (χ0n) is 15.6. The summed E-state index contributed by atoms with van der Waals surface area (Å²) >= 11 is 5.92. The monoisotopic (exact) mass is 397 g/mol. The molecule has 1 N–H and O–H groups in total. The van der Waals surface area contributed by atoms with E-state index in [2.05, 4.69) is 10.4 Å². The molecule has 0 aliphatic rings. The predicted octanol–water partition coefficient (Wildman–Crippen LogP) is 3.18. The fourth-order valence-corrected chi connectivity index (χ4v) is 2.87. The smallest absolute Gasteiger partial charge is 0.275 e. The van der Waals surface area contributed by atoms with Crippen LogP contribution in [0.25, 0.3) is 5.69 Å². The highest BCUT2D eigenvalue weighted by molar-refractivity contribution is 6.30. The number of carbonyl (C=O) groups is 1. The summed E-state index contributed by atoms with van der Waals surface area (Å²) in [6, 6.07) is 16.0. The molecule has 1 amide bonds. The van der Waals surface area contributed by atoms with Crippen LogP contribution in [0.2, 0.25) is 5.02 Å². The van der Waals surface area contributed by atoms with Crippen LogP contribution in [0.3, 0.4) is 0 Å². The minimum absolute atomic E-state index is 0.143. The molecule has 0 saturated heterocycles. The average molecular weight is 398 g/mol. The summed E-state index contributed by atoms with van der Waals surface area (Å²) in [4.78, 5) is 24.7. The van der Waals surface area contributed by atoms with Gasteiger partial charge in [0, 0.05) is 23.3 Å². The van der Waals surface area contributed by atoms with Crippen LogP contribution < -0.4 is 15.5 Å². The Hall–Kier alpha value is -3.12. The van der Waals surface area contributed by atoms with Crippen molar-refractivity contribution in [3.63, 3.8) is 0 Å². The third kappa shape index (κ3) is 4.58. The maximum atomic E-state index is 12.5. The highest BCUT2D eigenvalue weighted by Gasteiger charge is 2.15. The molecule has 7 heteroatoms. The van der Waals surface area contributed by atoms with Crippen molar-refractivity contribution in [2.24, 2.45) is 0 Å². The lowest BCUT2D eigenvalue weighted by Crippen LogP contribution is -2.33. The van der Waals surface area contributed by atoms with Gasteiger partial charge in [-0.05, 0) is 55.3 Å². The van der Waals surface area contributed by atoms with Gasteiger partial charge in [-0.2, -0.15) is 5.10 Å². The van der Waals surface area contributed by atoms with E-state index in [0.29, 0.717) is 29.4 Å². The Kier molecular flexibility index (Phi) is 6.11. The first-order chi connectivity index (χ1) is 13.5. The van der Waals surface area contributed by atoms with E-state index in [-0.39, 0.29) is 5.69 Å². The van der Waals surface area contributed by atoms with Crippen molar-refractivity contribution >= 4 is 17.5 Å². The number of aromatic nitrogens is 2. The Morgan fingerprint density at radius 3 is 2.46 bits per heavy atom. The number of nitrogens with one attached hydrogen (secondary N) is 1. The van der Waals surface area contributed by atoms with Crippen LogP contribution in [0.1, 0.15) is 21.7 Å². The summed E-state index contributed by atoms with van der Waals surface area (Å²) in [5.74, 6) is 0.278. The van der Waals surface area contributed by atoms with Gasteiger partial charge in [0.25, 0.3) is 5.91 Å². The molecular formula is C21H20ClN3O3. The number of ether oxygens (including phenoxy) is 1. The van der Waals surface area contributed by atoms with Gasteiger partial charge in [-0.15, -0.1) is 0 Å². The molecule has 0 atom stereocenters. The lowest BCUT2D eigenvalue weighted by atomic mass is 10.1. The van der Waals surface area contributed by atoms with Crippen molar-refractivity contribution in [1.82, 2.24) is 15.1 Å². The highest BCUT2D eigenvalue weighted by Crippen LogP contribution is 2.14. The third-order valence-electron chi connectivity index (χ3n) is 4.25. The maximum Gasteiger partial charge on any atom is 0.275 e. The van der Waals surface area contributed by atoms with E-state index in [4.69, 9.17) is 16.3 Å². The van der Waals surface area contributed by atoms with Gasteiger partial charge in [0.1, 0.15) is 5.75 Å². The first kappa shape index (κ1) is 19.6. The fraction of sp³-hybridized carbons (Fsp3) is 0.190. The van der Waals surface area contributed by atoms with Gasteiger partial charge in [0.2, 0.25) is 5.43 Å². The predicted molar refractivity (Wildman–Crippen MR) is 109 cm³/mol. The van der Waals surface area contributed by atoms with Crippen LogP contribution in [-0.2, 0) is 6.42 Å². The van der Waals surface area contributed by atoms with Crippen molar-refractivity contribution in [3.8, 4) is 11.4 Å². The molecule has 2 aromatic carbocycles. The molecule has 6 nitrogen and oxygen atoms in total. The summed E-state index contributed by atoms with van der Waals surface area (Å²) in [6.07, 6.45) is 0.632. The standard InChI is InChI=1S/C21H20ClN3O3/c1-14-13-19(26)20(24-25(14)17-7-5-16(22)6-8-17)21(27)23-12-11-15-3-9-18(28-2)10-4-15/h3-10,13H,11-12H2,1-2H3,(H,23,27). The minimum Gasteiger partial charge on any atom is -0.497 e. The molecule has 0 bridgehead atoms. The number of hydrogen-bond donors (Lipinski definition) is 1. The van der Waals surface area contributed by atoms with E-state index < -0.39 is 11.3 Å². The summed E-state index contributed by atoms with van der Waals surface area (Å²) in [6.45, 7) is 2.15. The van der Waals surface area contributed by atoms with E-state index in [0.717, 1.165) is 11.3 Å². The number of hydrogen-bond acceptors (Lipinski definition) is 4. The molecule has 1 heterocycles. The number of nitrogens with zero attached hydrogens (tertiary/aromatic N) is 2. The third-order valence-corrected chi connectivity index (χ3v) is 4.50. The van der Waals surface area contributed by atoms with Crippen molar-refractivity contribution in [2.75, 3.05) is 13.7 Å². The van der Waals surface area contributed by atoms with E-state index in [9.17, 15) is 9.59 Å². The molecule has 0 fully saturated rings.